The zero-order chi connectivity index (χ0) is 17.8. The van der Waals surface area contributed by atoms with Crippen molar-refractivity contribution in [1.82, 2.24) is 19.7 Å². The van der Waals surface area contributed by atoms with Gasteiger partial charge in [-0.25, -0.2) is 19.5 Å². The van der Waals surface area contributed by atoms with Gasteiger partial charge < -0.3 is 21.7 Å². The lowest BCUT2D eigenvalue weighted by Crippen LogP contribution is -3.00. The first-order valence-corrected chi connectivity index (χ1v) is 8.11. The molecule has 0 aliphatic rings. The van der Waals surface area contributed by atoms with Crippen LogP contribution in [0.2, 0.25) is 0 Å². The Morgan fingerprint density at radius 1 is 1.26 bits per heavy atom. The number of hydrogen-bond acceptors (Lipinski definition) is 5. The van der Waals surface area contributed by atoms with Gasteiger partial charge in [-0.2, -0.15) is 15.2 Å². The molecular weight excluding hydrogens is 410 g/mol. The lowest BCUT2D eigenvalue weighted by molar-refractivity contribution is -0.511. The highest BCUT2D eigenvalue weighted by molar-refractivity contribution is 5.80. The first-order valence-electron chi connectivity index (χ1n) is 8.11. The molecule has 0 saturated carbocycles. The molecule has 2 N–H and O–H groups in total. The minimum atomic E-state index is 0. The molecule has 0 amide bonds. The van der Waals surface area contributed by atoms with Gasteiger partial charge in [0.2, 0.25) is 5.95 Å². The number of anilines is 1. The number of fused-ring (bicyclic) bond motifs is 1. The summed E-state index contributed by atoms with van der Waals surface area (Å²) in [5.41, 5.74) is 5.92. The lowest BCUT2D eigenvalue weighted by Gasteiger charge is -2.04. The van der Waals surface area contributed by atoms with Crippen LogP contribution in [0.25, 0.3) is 5.65 Å². The van der Waals surface area contributed by atoms with Crippen molar-refractivity contribution in [3.63, 3.8) is 0 Å². The van der Waals surface area contributed by atoms with Crippen molar-refractivity contribution in [3.05, 3.63) is 72.4 Å². The van der Waals surface area contributed by atoms with Crippen LogP contribution >= 0.6 is 0 Å². The fraction of sp³-hybridized carbons (Fsp3) is 0.111. The van der Waals surface area contributed by atoms with E-state index in [-0.39, 0.29) is 17.0 Å². The molecule has 0 atom stereocenters. The summed E-state index contributed by atoms with van der Waals surface area (Å²) in [6.45, 7) is 0.499. The fourth-order valence-corrected chi connectivity index (χ4v) is 2.60. The van der Waals surface area contributed by atoms with Gasteiger partial charge in [0.25, 0.3) is 5.65 Å². The van der Waals surface area contributed by atoms with Gasteiger partial charge >= 0.3 is 0 Å². The molecule has 0 fully saturated rings. The predicted octanol–water partition coefficient (Wildman–Crippen LogP) is -1.09. The number of hydrogen-bond donors (Lipinski definition) is 2. The Kier molecular flexibility index (Phi) is 5.82. The lowest BCUT2D eigenvalue weighted by atomic mass is 10.2. The second-order valence-electron chi connectivity index (χ2n) is 5.71. The number of rotatable bonds is 6. The molecule has 0 bridgehead atoms. The number of pyridine rings is 1. The molecule has 0 radical (unpaired) electrons. The molecule has 0 aliphatic heterocycles. The van der Waals surface area contributed by atoms with Crippen molar-refractivity contribution in [3.8, 4) is 5.75 Å². The molecule has 4 rings (SSSR count). The maximum atomic E-state index is 5.90. The summed E-state index contributed by atoms with van der Waals surface area (Å²) in [5, 5.41) is 10.5. The van der Waals surface area contributed by atoms with Crippen LogP contribution in [0.4, 0.5) is 5.95 Å². The Hall–Kier alpha value is -3.20. The fourth-order valence-electron chi connectivity index (χ4n) is 2.60. The van der Waals surface area contributed by atoms with E-state index in [0.29, 0.717) is 12.6 Å². The minimum absolute atomic E-state index is 0. The molecule has 1 aromatic carbocycles. The average Bonchev–Trinajstić information content (AvgIpc) is 3.30. The molecule has 0 unspecified atom stereocenters. The van der Waals surface area contributed by atoms with Crippen molar-refractivity contribution in [1.29, 1.82) is 0 Å². The molecule has 8 nitrogen and oxygen atoms in total. The number of nitrogens with one attached hydrogen (secondary N) is 2. The number of imidazole rings is 1. The molecule has 0 aliphatic carbocycles. The average molecular weight is 428 g/mol. The van der Waals surface area contributed by atoms with Crippen LogP contribution in [-0.4, -0.2) is 26.0 Å². The van der Waals surface area contributed by atoms with Gasteiger partial charge in [-0.1, -0.05) is 6.07 Å². The van der Waals surface area contributed by atoms with Gasteiger partial charge in [-0.3, -0.25) is 0 Å². The van der Waals surface area contributed by atoms with Crippen molar-refractivity contribution < 1.29 is 26.1 Å². The van der Waals surface area contributed by atoms with Crippen LogP contribution in [0.3, 0.4) is 0 Å². The number of ether oxygens (including phenoxy) is 1. The number of benzene rings is 1. The summed E-state index contributed by atoms with van der Waals surface area (Å²) in [6, 6.07) is 13.8. The highest BCUT2D eigenvalue weighted by atomic mass is 79.9. The summed E-state index contributed by atoms with van der Waals surface area (Å²) in [7, 11) is 2.04. The van der Waals surface area contributed by atoms with Gasteiger partial charge in [0.15, 0.2) is 12.3 Å². The topological polar surface area (TPSA) is 84.2 Å². The van der Waals surface area contributed by atoms with Crippen LogP contribution in [0.1, 0.15) is 11.3 Å². The summed E-state index contributed by atoms with van der Waals surface area (Å²) in [4.78, 5) is 3.92. The summed E-state index contributed by atoms with van der Waals surface area (Å²) < 4.78 is 10.1. The van der Waals surface area contributed by atoms with E-state index in [9.17, 15) is 0 Å². The number of aryl methyl sites for hydroxylation is 1. The summed E-state index contributed by atoms with van der Waals surface area (Å²) in [6.07, 6.45) is 7.22. The number of aromatic nitrogens is 5. The Morgan fingerprint density at radius 3 is 2.85 bits per heavy atom. The largest absolute Gasteiger partial charge is 1.00 e. The second kappa shape index (κ2) is 8.45. The first kappa shape index (κ1) is 18.6. The monoisotopic (exact) mass is 427 g/mol. The molecule has 4 aromatic rings. The third-order valence-electron chi connectivity index (χ3n) is 4.00. The zero-order valence-electron chi connectivity index (χ0n) is 14.6. The molecule has 9 heteroatoms. The maximum absolute atomic E-state index is 5.90. The number of H-pyrrole nitrogens is 1. The van der Waals surface area contributed by atoms with Crippen molar-refractivity contribution in [2.75, 3.05) is 5.43 Å². The SMILES string of the molecule is Cn1c(COc2ccc(/C=N/Nc3ncn[nH]3)cc2)c[n+]2ccccc12.[Br-]. The van der Waals surface area contributed by atoms with E-state index in [1.54, 1.807) is 6.21 Å². The molecule has 138 valence electrons. The molecular formula is C18H18BrN7O. The second-order valence-corrected chi connectivity index (χ2v) is 5.71. The third kappa shape index (κ3) is 4.32. The normalized spacial score (nSPS) is 10.9. The van der Waals surface area contributed by atoms with Crippen LogP contribution < -0.4 is 31.5 Å². The Bertz CT molecular complexity index is 1030. The van der Waals surface area contributed by atoms with E-state index in [1.807, 2.05) is 49.6 Å². The summed E-state index contributed by atoms with van der Waals surface area (Å²) >= 11 is 0. The zero-order valence-corrected chi connectivity index (χ0v) is 16.2. The molecule has 0 spiro atoms. The third-order valence-corrected chi connectivity index (χ3v) is 4.00. The van der Waals surface area contributed by atoms with Crippen molar-refractivity contribution in [2.45, 2.75) is 6.61 Å². The molecule has 27 heavy (non-hydrogen) atoms. The quantitative estimate of drug-likeness (QED) is 0.232. The van der Waals surface area contributed by atoms with Crippen molar-refractivity contribution >= 4 is 17.8 Å². The highest BCUT2D eigenvalue weighted by Crippen LogP contribution is 2.14. The number of hydrazone groups is 1. The standard InChI is InChI=1S/C18H18N7O.BrH/c1-24-15(11-25-9-3-2-4-17(24)25)12-26-16-7-5-14(6-8-16)10-20-22-18-19-13-21-23-18;/h2-11,13H,12H2,1H3,(H2,19,21,22,23);1H/q+1;/p-1/b20-10+;. The van der Waals surface area contributed by atoms with Gasteiger partial charge in [-0.15, -0.1) is 0 Å². The van der Waals surface area contributed by atoms with Gasteiger partial charge in [0.1, 0.15) is 18.3 Å². The molecule has 3 heterocycles. The first-order chi connectivity index (χ1) is 12.8. The van der Waals surface area contributed by atoms with Crippen molar-refractivity contribution in [2.24, 2.45) is 12.1 Å². The van der Waals surface area contributed by atoms with Crippen LogP contribution in [0, 0.1) is 0 Å². The van der Waals surface area contributed by atoms with E-state index in [0.717, 1.165) is 22.7 Å². The van der Waals surface area contributed by atoms with Crippen LogP contribution in [-0.2, 0) is 13.7 Å². The highest BCUT2D eigenvalue weighted by Gasteiger charge is 2.13. The van der Waals surface area contributed by atoms with E-state index in [4.69, 9.17) is 4.74 Å². The van der Waals surface area contributed by atoms with E-state index in [1.165, 1.54) is 6.33 Å². The van der Waals surface area contributed by atoms with Crippen LogP contribution in [0.15, 0.2) is 66.3 Å². The number of aromatic amines is 1. The van der Waals surface area contributed by atoms with Crippen LogP contribution in [0.5, 0.6) is 5.75 Å². The smallest absolute Gasteiger partial charge is 0.286 e. The minimum Gasteiger partial charge on any atom is -1.00 e. The van der Waals surface area contributed by atoms with E-state index < -0.39 is 0 Å². The van der Waals surface area contributed by atoms with E-state index in [2.05, 4.69) is 46.9 Å². The number of nitrogens with zero attached hydrogens (tertiary/aromatic N) is 5. The Balaban J connectivity index is 0.00000210. The molecule has 3 aromatic heterocycles. The Labute approximate surface area is 166 Å². The van der Waals surface area contributed by atoms with Gasteiger partial charge in [0.05, 0.1) is 19.5 Å². The van der Waals surface area contributed by atoms with Gasteiger partial charge in [-0.05, 0) is 35.9 Å². The van der Waals surface area contributed by atoms with Gasteiger partial charge in [0, 0.05) is 6.07 Å². The molecule has 0 saturated heterocycles. The predicted molar refractivity (Wildman–Crippen MR) is 96.9 cm³/mol. The Morgan fingerprint density at radius 2 is 2.11 bits per heavy atom. The summed E-state index contributed by atoms with van der Waals surface area (Å²) in [5.74, 6) is 1.30. The maximum Gasteiger partial charge on any atom is 0.286 e. The number of halogens is 1. The van der Waals surface area contributed by atoms with E-state index >= 15 is 0 Å².